The van der Waals surface area contributed by atoms with Crippen LogP contribution in [0.15, 0.2) is 36.4 Å². The number of benzene rings is 2. The monoisotopic (exact) mass is 553 g/mol. The van der Waals surface area contributed by atoms with Crippen LogP contribution in [0.3, 0.4) is 0 Å². The molecule has 0 unspecified atom stereocenters. The second kappa shape index (κ2) is 10.1. The topological polar surface area (TPSA) is 166 Å². The van der Waals surface area contributed by atoms with Crippen LogP contribution in [0.25, 0.3) is 4.85 Å². The van der Waals surface area contributed by atoms with Crippen molar-refractivity contribution in [2.24, 2.45) is 24.4 Å². The first-order valence-electron chi connectivity index (χ1n) is 13.7. The summed E-state index contributed by atoms with van der Waals surface area (Å²) in [6.07, 6.45) is 3.01. The fraction of sp³-hybridized carbons (Fsp3) is 0.414. The number of carbonyl (C=O) groups excluding carboxylic acids is 3. The molecule has 2 heterocycles. The van der Waals surface area contributed by atoms with E-state index in [4.69, 9.17) is 18.0 Å². The molecule has 3 amide bonds. The van der Waals surface area contributed by atoms with E-state index in [9.17, 15) is 14.4 Å². The molecule has 0 spiro atoms. The Balaban J connectivity index is 1.39. The van der Waals surface area contributed by atoms with Crippen molar-refractivity contribution in [3.8, 4) is 0 Å². The van der Waals surface area contributed by atoms with Crippen LogP contribution in [0.2, 0.25) is 0 Å². The highest BCUT2D eigenvalue weighted by molar-refractivity contribution is 5.94. The number of amides is 3. The number of primary amides is 2. The van der Waals surface area contributed by atoms with Crippen molar-refractivity contribution in [1.29, 1.82) is 0 Å². The van der Waals surface area contributed by atoms with E-state index in [1.165, 1.54) is 4.80 Å². The molecule has 3 atom stereocenters. The van der Waals surface area contributed by atoms with Gasteiger partial charge in [-0.25, -0.2) is 6.57 Å². The lowest BCUT2D eigenvalue weighted by Gasteiger charge is -2.34. The average Bonchev–Trinajstić information content (AvgIpc) is 3.45. The van der Waals surface area contributed by atoms with Gasteiger partial charge in [-0.1, -0.05) is 12.1 Å². The molecule has 12 nitrogen and oxygen atoms in total. The number of fused-ring (bicyclic) bond motifs is 3. The predicted molar refractivity (Wildman–Crippen MR) is 147 cm³/mol. The Labute approximate surface area is 236 Å². The maximum absolute atomic E-state index is 13.1. The number of piperidine rings is 1. The van der Waals surface area contributed by atoms with Crippen LogP contribution in [-0.2, 0) is 30.1 Å². The molecule has 2 fully saturated rings. The summed E-state index contributed by atoms with van der Waals surface area (Å²) in [5.41, 5.74) is 14.8. The number of aryl methyl sites for hydroxylation is 3. The Morgan fingerprint density at radius 2 is 1.68 bits per heavy atom. The minimum Gasteiger partial charge on any atom is -0.366 e. The van der Waals surface area contributed by atoms with Crippen LogP contribution in [-0.4, -0.2) is 68.1 Å². The maximum atomic E-state index is 13.1. The molecule has 1 saturated heterocycles. The standard InChI is InChI=1S/C29H31N9O3/c1-32-24-14-20-13-23(20)38(24)25(39)15-33-10-9-29(28-34-36-37(2)35-28)21-7-5-18(26(30)40)11-16(21)3-4-17-12-19(27(31)41)6-8-22(17)29/h5-8,11-12,20,23-24,33H,3-4,9-10,13-15H2,2H3,(H2,30,40)(H2,31,41)/t20-,23-,24-/m0/s1. The lowest BCUT2D eigenvalue weighted by atomic mass is 9.69. The Hall–Kier alpha value is -4.63. The molecule has 2 aliphatic carbocycles. The number of nitrogens with two attached hydrogens (primary N) is 2. The molecule has 0 radical (unpaired) electrons. The number of hydrogen-bond acceptors (Lipinski definition) is 7. The van der Waals surface area contributed by atoms with E-state index < -0.39 is 17.2 Å². The Bertz CT molecular complexity index is 1540. The second-order valence-electron chi connectivity index (χ2n) is 11.1. The number of nitrogens with one attached hydrogen (secondary N) is 1. The van der Waals surface area contributed by atoms with E-state index in [-0.39, 0.29) is 24.7 Å². The van der Waals surface area contributed by atoms with Gasteiger partial charge in [-0.15, -0.1) is 10.2 Å². The first-order chi connectivity index (χ1) is 19.7. The van der Waals surface area contributed by atoms with Gasteiger partial charge in [-0.05, 0) is 89.9 Å². The lowest BCUT2D eigenvalue weighted by Crippen LogP contribution is -2.43. The minimum atomic E-state index is -0.911. The summed E-state index contributed by atoms with van der Waals surface area (Å²) in [6, 6.07) is 11.0. The molecule has 2 aromatic carbocycles. The summed E-state index contributed by atoms with van der Waals surface area (Å²) in [6.45, 7) is 8.01. The van der Waals surface area contributed by atoms with E-state index in [0.717, 1.165) is 35.1 Å². The van der Waals surface area contributed by atoms with Gasteiger partial charge < -0.3 is 16.8 Å². The lowest BCUT2D eigenvalue weighted by molar-refractivity contribution is -0.131. The summed E-state index contributed by atoms with van der Waals surface area (Å²) in [5, 5.41) is 16.6. The van der Waals surface area contributed by atoms with E-state index >= 15 is 0 Å². The Kier molecular flexibility index (Phi) is 6.54. The SMILES string of the molecule is [C-]#[N+][C@@H]1C[C@@H]2C[C@@H]2N1C(=O)CNCCC1(c2nnn(C)n2)c2ccc(C(N)=O)cc2CCc2cc(C(N)=O)ccc21. The van der Waals surface area contributed by atoms with Gasteiger partial charge >= 0.3 is 6.17 Å². The van der Waals surface area contributed by atoms with Crippen molar-refractivity contribution in [3.05, 3.63) is 87.0 Å². The summed E-state index contributed by atoms with van der Waals surface area (Å²) in [4.78, 5) is 44.1. The van der Waals surface area contributed by atoms with Crippen LogP contribution in [0.5, 0.6) is 0 Å². The molecular weight excluding hydrogens is 522 g/mol. The minimum absolute atomic E-state index is 0.0680. The molecule has 1 aliphatic heterocycles. The van der Waals surface area contributed by atoms with Gasteiger partial charge in [-0.3, -0.25) is 24.1 Å². The predicted octanol–water partition coefficient (Wildman–Crippen LogP) is 0.687. The highest BCUT2D eigenvalue weighted by Gasteiger charge is 2.57. The van der Waals surface area contributed by atoms with Gasteiger partial charge in [0.25, 0.3) is 0 Å². The first-order valence-corrected chi connectivity index (χ1v) is 13.7. The molecule has 1 saturated carbocycles. The number of nitrogens with zero attached hydrogens (tertiary/aromatic N) is 6. The number of aromatic nitrogens is 4. The smallest absolute Gasteiger partial charge is 0.301 e. The molecular formula is C29H31N9O3. The number of carbonyl (C=O) groups is 3. The Morgan fingerprint density at radius 1 is 1.05 bits per heavy atom. The van der Waals surface area contributed by atoms with E-state index in [0.29, 0.717) is 48.7 Å². The summed E-state index contributed by atoms with van der Waals surface area (Å²) < 4.78 is 0. The van der Waals surface area contributed by atoms with Gasteiger partial charge in [0.05, 0.1) is 19.0 Å². The molecule has 3 aliphatic rings. The summed E-state index contributed by atoms with van der Waals surface area (Å²) in [5.74, 6) is -0.192. The zero-order valence-corrected chi connectivity index (χ0v) is 22.7. The first kappa shape index (κ1) is 26.6. The third kappa shape index (κ3) is 4.52. The summed E-state index contributed by atoms with van der Waals surface area (Å²) in [7, 11) is 1.70. The quantitative estimate of drug-likeness (QED) is 0.272. The number of tetrazole rings is 1. The van der Waals surface area contributed by atoms with Crippen LogP contribution in [0, 0.1) is 12.5 Å². The maximum Gasteiger partial charge on any atom is 0.301 e. The van der Waals surface area contributed by atoms with Crippen molar-refractivity contribution in [3.63, 3.8) is 0 Å². The van der Waals surface area contributed by atoms with Crippen LogP contribution < -0.4 is 16.8 Å². The normalized spacial score (nSPS) is 21.7. The second-order valence-corrected chi connectivity index (χ2v) is 11.1. The molecule has 6 rings (SSSR count). The third-order valence-corrected chi connectivity index (χ3v) is 8.72. The van der Waals surface area contributed by atoms with Crippen molar-refractivity contribution >= 4 is 17.7 Å². The molecule has 210 valence electrons. The zero-order valence-electron chi connectivity index (χ0n) is 22.7. The largest absolute Gasteiger partial charge is 0.366 e. The number of rotatable bonds is 8. The zero-order chi connectivity index (χ0) is 28.9. The molecule has 3 aromatic rings. The van der Waals surface area contributed by atoms with Crippen LogP contribution in [0.4, 0.5) is 0 Å². The highest BCUT2D eigenvalue weighted by atomic mass is 16.2. The van der Waals surface area contributed by atoms with Gasteiger partial charge in [0.15, 0.2) is 5.82 Å². The Morgan fingerprint density at radius 3 is 2.22 bits per heavy atom. The molecule has 12 heteroatoms. The third-order valence-electron chi connectivity index (χ3n) is 8.72. The number of hydrogen-bond donors (Lipinski definition) is 3. The number of likely N-dealkylation sites (tertiary alicyclic amines) is 1. The molecule has 0 bridgehead atoms. The van der Waals surface area contributed by atoms with Gasteiger partial charge in [0, 0.05) is 23.6 Å². The summed E-state index contributed by atoms with van der Waals surface area (Å²) >= 11 is 0. The van der Waals surface area contributed by atoms with Crippen molar-refractivity contribution < 1.29 is 14.4 Å². The molecule has 41 heavy (non-hydrogen) atoms. The van der Waals surface area contributed by atoms with Gasteiger partial charge in [-0.2, -0.15) is 4.80 Å². The molecule has 1 aromatic heterocycles. The highest BCUT2D eigenvalue weighted by Crippen LogP contribution is 2.48. The van der Waals surface area contributed by atoms with Gasteiger partial charge in [0.1, 0.15) is 0 Å². The van der Waals surface area contributed by atoms with Crippen molar-refractivity contribution in [2.45, 2.75) is 49.7 Å². The fourth-order valence-electron chi connectivity index (χ4n) is 6.69. The van der Waals surface area contributed by atoms with E-state index in [2.05, 4.69) is 25.6 Å². The van der Waals surface area contributed by atoms with E-state index in [1.54, 1.807) is 24.1 Å². The van der Waals surface area contributed by atoms with Gasteiger partial charge in [0.2, 0.25) is 17.7 Å². The van der Waals surface area contributed by atoms with Crippen molar-refractivity contribution in [1.82, 2.24) is 30.4 Å². The van der Waals surface area contributed by atoms with E-state index in [1.807, 2.05) is 24.3 Å². The van der Waals surface area contributed by atoms with Crippen LogP contribution in [0.1, 0.15) is 68.1 Å². The van der Waals surface area contributed by atoms with Crippen LogP contribution >= 0.6 is 0 Å². The average molecular weight is 554 g/mol. The fourth-order valence-corrected chi connectivity index (χ4v) is 6.69. The van der Waals surface area contributed by atoms with Crippen molar-refractivity contribution in [2.75, 3.05) is 13.1 Å². The molecule has 5 N–H and O–H groups in total.